The lowest BCUT2D eigenvalue weighted by Gasteiger charge is -2.28. The van der Waals surface area contributed by atoms with Crippen molar-refractivity contribution in [2.24, 2.45) is 4.99 Å². The summed E-state index contributed by atoms with van der Waals surface area (Å²) in [5.74, 6) is 2.98. The van der Waals surface area contributed by atoms with Crippen molar-refractivity contribution in [3.05, 3.63) is 95.6 Å². The molecule has 0 N–H and O–H groups in total. The molecule has 30 heavy (non-hydrogen) atoms. The zero-order valence-corrected chi connectivity index (χ0v) is 17.4. The molecule has 4 nitrogen and oxygen atoms in total. The Kier molecular flexibility index (Phi) is 4.91. The first-order chi connectivity index (χ1) is 14.8. The monoisotopic (exact) mass is 398 g/mol. The Balaban J connectivity index is 1.55. The van der Waals surface area contributed by atoms with Crippen LogP contribution in [0.25, 0.3) is 0 Å². The highest BCUT2D eigenvalue weighted by Gasteiger charge is 2.44. The van der Waals surface area contributed by atoms with Gasteiger partial charge in [-0.2, -0.15) is 0 Å². The van der Waals surface area contributed by atoms with Gasteiger partial charge in [0.2, 0.25) is 0 Å². The van der Waals surface area contributed by atoms with Crippen molar-refractivity contribution in [2.45, 2.75) is 24.4 Å². The highest BCUT2D eigenvalue weighted by molar-refractivity contribution is 5.93. The van der Waals surface area contributed by atoms with E-state index in [1.54, 1.807) is 14.2 Å². The lowest BCUT2D eigenvalue weighted by atomic mass is 9.94. The van der Waals surface area contributed by atoms with Gasteiger partial charge in [0.25, 0.3) is 0 Å². The largest absolute Gasteiger partial charge is 0.493 e. The van der Waals surface area contributed by atoms with E-state index in [1.165, 1.54) is 22.5 Å². The van der Waals surface area contributed by atoms with Gasteiger partial charge >= 0.3 is 0 Å². The Bertz CT molecular complexity index is 1050. The van der Waals surface area contributed by atoms with Gasteiger partial charge in [0.15, 0.2) is 11.5 Å². The second-order valence-corrected chi connectivity index (χ2v) is 7.85. The van der Waals surface area contributed by atoms with Crippen molar-refractivity contribution in [1.29, 1.82) is 0 Å². The molecular weight excluding hydrogens is 372 g/mol. The number of amidine groups is 1. The lowest BCUT2D eigenvalue weighted by Crippen LogP contribution is -2.28. The number of hydrogen-bond donors (Lipinski definition) is 0. The maximum atomic E-state index is 5.55. The molecule has 1 unspecified atom stereocenters. The van der Waals surface area contributed by atoms with Crippen molar-refractivity contribution in [1.82, 2.24) is 4.90 Å². The van der Waals surface area contributed by atoms with Gasteiger partial charge in [0, 0.05) is 12.5 Å². The lowest BCUT2D eigenvalue weighted by molar-refractivity contribution is 0.329. The Hall–Kier alpha value is -3.27. The van der Waals surface area contributed by atoms with E-state index in [0.717, 1.165) is 24.5 Å². The molecule has 0 amide bonds. The van der Waals surface area contributed by atoms with Gasteiger partial charge in [0.05, 0.1) is 20.3 Å². The number of hydrogen-bond acceptors (Lipinski definition) is 4. The average molecular weight is 399 g/mol. The fourth-order valence-corrected chi connectivity index (χ4v) is 4.85. The molecule has 2 aliphatic rings. The van der Waals surface area contributed by atoms with E-state index >= 15 is 0 Å². The van der Waals surface area contributed by atoms with E-state index in [0.29, 0.717) is 0 Å². The highest BCUT2D eigenvalue weighted by Crippen LogP contribution is 2.48. The molecule has 0 radical (unpaired) electrons. The van der Waals surface area contributed by atoms with Crippen LogP contribution in [0.3, 0.4) is 0 Å². The molecule has 5 rings (SSSR count). The summed E-state index contributed by atoms with van der Waals surface area (Å²) < 4.78 is 11.0. The van der Waals surface area contributed by atoms with E-state index in [9.17, 15) is 0 Å². The van der Waals surface area contributed by atoms with E-state index in [1.807, 2.05) is 6.07 Å². The predicted molar refractivity (Wildman–Crippen MR) is 119 cm³/mol. The quantitative estimate of drug-likeness (QED) is 0.578. The third kappa shape index (κ3) is 3.13. The molecule has 0 bridgehead atoms. The second-order valence-electron chi connectivity index (χ2n) is 7.85. The number of nitrogens with zero attached hydrogens (tertiary/aromatic N) is 2. The molecule has 2 aliphatic heterocycles. The zero-order chi connectivity index (χ0) is 20.5. The topological polar surface area (TPSA) is 34.1 Å². The molecule has 0 saturated carbocycles. The van der Waals surface area contributed by atoms with Crippen LogP contribution in [0.1, 0.15) is 41.1 Å². The van der Waals surface area contributed by atoms with Gasteiger partial charge in [0.1, 0.15) is 11.9 Å². The van der Waals surface area contributed by atoms with Crippen molar-refractivity contribution in [3.63, 3.8) is 0 Å². The van der Waals surface area contributed by atoms with Crippen LogP contribution >= 0.6 is 0 Å². The predicted octanol–water partition coefficient (Wildman–Crippen LogP) is 5.39. The molecule has 1 fully saturated rings. The number of fused-ring (bicyclic) bond motifs is 1. The molecule has 4 heteroatoms. The smallest absolute Gasteiger partial charge is 0.161 e. The first-order valence-corrected chi connectivity index (χ1v) is 10.5. The summed E-state index contributed by atoms with van der Waals surface area (Å²) in [6.07, 6.45) is 1.05. The first-order valence-electron chi connectivity index (χ1n) is 10.5. The fraction of sp³-hybridized carbons (Fsp3) is 0.269. The molecule has 0 aliphatic carbocycles. The second kappa shape index (κ2) is 7.86. The van der Waals surface area contributed by atoms with Gasteiger partial charge in [-0.15, -0.1) is 0 Å². The normalized spacial score (nSPS) is 22.5. The molecule has 3 aromatic rings. The van der Waals surface area contributed by atoms with Crippen LogP contribution in [0.5, 0.6) is 11.5 Å². The number of methoxy groups -OCH3 is 2. The summed E-state index contributed by atoms with van der Waals surface area (Å²) in [7, 11) is 3.36. The number of aliphatic imine (C=N–C) groups is 1. The van der Waals surface area contributed by atoms with Crippen LogP contribution in [-0.2, 0) is 0 Å². The first kappa shape index (κ1) is 18.7. The third-order valence-electron chi connectivity index (χ3n) is 6.26. The Morgan fingerprint density at radius 3 is 2.10 bits per heavy atom. The summed E-state index contributed by atoms with van der Waals surface area (Å²) in [5.41, 5.74) is 3.81. The molecule has 0 aromatic heterocycles. The highest BCUT2D eigenvalue weighted by atomic mass is 16.5. The minimum atomic E-state index is 0.103. The van der Waals surface area contributed by atoms with E-state index in [2.05, 4.69) is 77.7 Å². The SMILES string of the molecule is COc1ccc(C2CCN3C2=N[C@H](c2ccccc2)[C@H]3c2ccccc2)cc1OC. The molecule has 3 aromatic carbocycles. The molecular formula is C26H26N2O2. The van der Waals surface area contributed by atoms with Crippen LogP contribution in [0, 0.1) is 0 Å². The number of benzene rings is 3. The summed E-state index contributed by atoms with van der Waals surface area (Å²) in [6, 6.07) is 28.0. The average Bonchev–Trinajstić information content (AvgIpc) is 3.39. The van der Waals surface area contributed by atoms with Gasteiger partial charge in [-0.3, -0.25) is 4.99 Å². The Morgan fingerprint density at radius 2 is 1.43 bits per heavy atom. The van der Waals surface area contributed by atoms with Gasteiger partial charge in [-0.05, 0) is 35.2 Å². The standard InChI is InChI=1S/C26H26N2O2/c1-29-22-14-13-20(17-23(22)30-2)21-15-16-28-25(19-11-7-4-8-12-19)24(27-26(21)28)18-9-5-3-6-10-18/h3-14,17,21,24-25H,15-16H2,1-2H3/t21?,24-,25-/m1/s1. The van der Waals surface area contributed by atoms with Gasteiger partial charge < -0.3 is 14.4 Å². The van der Waals surface area contributed by atoms with Gasteiger partial charge in [-0.25, -0.2) is 0 Å². The Morgan fingerprint density at radius 1 is 0.767 bits per heavy atom. The summed E-state index contributed by atoms with van der Waals surface area (Å²) in [4.78, 5) is 7.81. The minimum Gasteiger partial charge on any atom is -0.493 e. The zero-order valence-electron chi connectivity index (χ0n) is 17.4. The maximum absolute atomic E-state index is 5.55. The summed E-state index contributed by atoms with van der Waals surface area (Å²) >= 11 is 0. The van der Waals surface area contributed by atoms with E-state index in [-0.39, 0.29) is 18.0 Å². The van der Waals surface area contributed by atoms with Crippen LogP contribution < -0.4 is 9.47 Å². The van der Waals surface area contributed by atoms with Crippen LogP contribution in [-0.4, -0.2) is 31.5 Å². The molecule has 152 valence electrons. The number of rotatable bonds is 5. The van der Waals surface area contributed by atoms with Gasteiger partial charge in [-0.1, -0.05) is 66.7 Å². The third-order valence-corrected chi connectivity index (χ3v) is 6.26. The summed E-state index contributed by atoms with van der Waals surface area (Å²) in [6.45, 7) is 1.00. The fourth-order valence-electron chi connectivity index (χ4n) is 4.85. The molecule has 3 atom stereocenters. The van der Waals surface area contributed by atoms with Crippen molar-refractivity contribution in [2.75, 3.05) is 20.8 Å². The summed E-state index contributed by atoms with van der Waals surface area (Å²) in [5, 5.41) is 0. The number of ether oxygens (including phenoxy) is 2. The molecule has 0 spiro atoms. The minimum absolute atomic E-state index is 0.103. The Labute approximate surface area is 177 Å². The van der Waals surface area contributed by atoms with E-state index in [4.69, 9.17) is 14.5 Å². The molecule has 2 heterocycles. The van der Waals surface area contributed by atoms with Crippen LogP contribution in [0.4, 0.5) is 0 Å². The van der Waals surface area contributed by atoms with Crippen molar-refractivity contribution < 1.29 is 9.47 Å². The van der Waals surface area contributed by atoms with Crippen molar-refractivity contribution >= 4 is 5.84 Å². The van der Waals surface area contributed by atoms with E-state index < -0.39 is 0 Å². The van der Waals surface area contributed by atoms with Crippen LogP contribution in [0.15, 0.2) is 83.9 Å². The molecule has 1 saturated heterocycles. The van der Waals surface area contributed by atoms with Crippen molar-refractivity contribution in [3.8, 4) is 11.5 Å². The maximum Gasteiger partial charge on any atom is 0.161 e. The van der Waals surface area contributed by atoms with Crippen LogP contribution in [0.2, 0.25) is 0 Å².